The number of alkyl halides is 1. The Morgan fingerprint density at radius 3 is 2.38 bits per heavy atom. The molecule has 0 unspecified atom stereocenters. The van der Waals surface area contributed by atoms with E-state index in [4.69, 9.17) is 11.6 Å². The first kappa shape index (κ1) is 10.8. The Bertz CT molecular complexity index is 199. The lowest BCUT2D eigenvalue weighted by Crippen LogP contribution is -2.47. The number of hydrogen-bond acceptors (Lipinski definition) is 1. The highest BCUT2D eigenvalue weighted by molar-refractivity contribution is 6.19. The molecule has 76 valence electrons. The summed E-state index contributed by atoms with van der Waals surface area (Å²) >= 11 is 5.75. The van der Waals surface area contributed by atoms with Crippen molar-refractivity contribution in [2.24, 2.45) is 5.41 Å². The highest BCUT2D eigenvalue weighted by Crippen LogP contribution is 2.28. The maximum atomic E-state index is 11.9. The van der Waals surface area contributed by atoms with Crippen molar-refractivity contribution in [1.82, 2.24) is 4.90 Å². The number of carbonyl (C=O) groups is 1. The van der Waals surface area contributed by atoms with Crippen LogP contribution in [0.4, 0.5) is 0 Å². The van der Waals surface area contributed by atoms with E-state index in [9.17, 15) is 4.79 Å². The summed E-state index contributed by atoms with van der Waals surface area (Å²) in [5, 5.41) is 0. The Labute approximate surface area is 85.2 Å². The monoisotopic (exact) mass is 203 g/mol. The van der Waals surface area contributed by atoms with Crippen LogP contribution in [0, 0.1) is 5.41 Å². The standard InChI is InChI=1S/C10H18ClNO/c1-10(2,7-11)9(13)12(3)8-5-4-6-8/h8H,4-7H2,1-3H3. The number of amides is 1. The Kier molecular flexibility index (Phi) is 3.23. The zero-order chi connectivity index (χ0) is 10.1. The minimum atomic E-state index is -0.411. The number of hydrogen-bond donors (Lipinski definition) is 0. The quantitative estimate of drug-likeness (QED) is 0.645. The Balaban J connectivity index is 2.55. The van der Waals surface area contributed by atoms with E-state index in [2.05, 4.69) is 0 Å². The molecule has 0 saturated heterocycles. The molecule has 0 aromatic rings. The van der Waals surface area contributed by atoms with Gasteiger partial charge in [-0.15, -0.1) is 11.6 Å². The third-order valence-electron chi connectivity index (χ3n) is 2.86. The van der Waals surface area contributed by atoms with Crippen LogP contribution in [-0.4, -0.2) is 29.8 Å². The van der Waals surface area contributed by atoms with Crippen molar-refractivity contribution in [3.05, 3.63) is 0 Å². The van der Waals surface area contributed by atoms with Crippen molar-refractivity contribution in [2.45, 2.75) is 39.2 Å². The van der Waals surface area contributed by atoms with Gasteiger partial charge in [0.2, 0.25) is 5.91 Å². The summed E-state index contributed by atoms with van der Waals surface area (Å²) in [5.74, 6) is 0.565. The fourth-order valence-electron chi connectivity index (χ4n) is 1.47. The predicted octanol–water partition coefficient (Wildman–Crippen LogP) is 2.26. The first-order valence-corrected chi connectivity index (χ1v) is 5.35. The fraction of sp³-hybridized carbons (Fsp3) is 0.900. The maximum absolute atomic E-state index is 11.9. The molecule has 1 amide bonds. The molecule has 1 rings (SSSR count). The highest BCUT2D eigenvalue weighted by Gasteiger charge is 2.34. The summed E-state index contributed by atoms with van der Waals surface area (Å²) in [5.41, 5.74) is -0.411. The summed E-state index contributed by atoms with van der Waals surface area (Å²) in [6.07, 6.45) is 3.56. The van der Waals surface area contributed by atoms with E-state index < -0.39 is 5.41 Å². The molecule has 1 aliphatic rings. The van der Waals surface area contributed by atoms with Gasteiger partial charge in [0.15, 0.2) is 0 Å². The molecule has 1 aliphatic carbocycles. The van der Waals surface area contributed by atoms with E-state index in [1.165, 1.54) is 6.42 Å². The van der Waals surface area contributed by atoms with Gasteiger partial charge in [-0.05, 0) is 33.1 Å². The van der Waals surface area contributed by atoms with E-state index in [-0.39, 0.29) is 5.91 Å². The zero-order valence-electron chi connectivity index (χ0n) is 8.64. The molecule has 0 spiro atoms. The second kappa shape index (κ2) is 3.87. The van der Waals surface area contributed by atoms with E-state index in [0.717, 1.165) is 12.8 Å². The number of halogens is 1. The number of rotatable bonds is 3. The van der Waals surface area contributed by atoms with Crippen LogP contribution >= 0.6 is 11.6 Å². The van der Waals surface area contributed by atoms with Crippen LogP contribution in [0.15, 0.2) is 0 Å². The topological polar surface area (TPSA) is 20.3 Å². The smallest absolute Gasteiger partial charge is 0.229 e. The maximum Gasteiger partial charge on any atom is 0.229 e. The molecule has 13 heavy (non-hydrogen) atoms. The molecular formula is C10H18ClNO. The van der Waals surface area contributed by atoms with E-state index >= 15 is 0 Å². The molecule has 1 fully saturated rings. The van der Waals surface area contributed by atoms with Crippen LogP contribution in [0.1, 0.15) is 33.1 Å². The SMILES string of the molecule is CN(C(=O)C(C)(C)CCl)C1CCC1. The molecule has 0 aromatic carbocycles. The molecule has 3 heteroatoms. The fourth-order valence-corrected chi connectivity index (χ4v) is 1.59. The van der Waals surface area contributed by atoms with Gasteiger partial charge < -0.3 is 4.90 Å². The van der Waals surface area contributed by atoms with E-state index in [1.807, 2.05) is 25.8 Å². The molecule has 0 radical (unpaired) electrons. The van der Waals surface area contributed by atoms with Crippen LogP contribution in [0.5, 0.6) is 0 Å². The summed E-state index contributed by atoms with van der Waals surface area (Å²) in [6, 6.07) is 0.468. The van der Waals surface area contributed by atoms with Crippen molar-refractivity contribution in [3.63, 3.8) is 0 Å². The van der Waals surface area contributed by atoms with Crippen molar-refractivity contribution < 1.29 is 4.79 Å². The third-order valence-corrected chi connectivity index (χ3v) is 3.52. The zero-order valence-corrected chi connectivity index (χ0v) is 9.40. The van der Waals surface area contributed by atoms with E-state index in [1.54, 1.807) is 0 Å². The van der Waals surface area contributed by atoms with Gasteiger partial charge in [0.1, 0.15) is 0 Å². The third kappa shape index (κ3) is 2.16. The second-order valence-electron chi connectivity index (χ2n) is 4.52. The molecule has 1 saturated carbocycles. The van der Waals surface area contributed by atoms with Gasteiger partial charge in [0.05, 0.1) is 5.41 Å². The largest absolute Gasteiger partial charge is 0.342 e. The summed E-state index contributed by atoms with van der Waals surface area (Å²) < 4.78 is 0. The Morgan fingerprint density at radius 2 is 2.08 bits per heavy atom. The van der Waals surface area contributed by atoms with Gasteiger partial charge in [0, 0.05) is 19.0 Å². The number of carbonyl (C=O) groups excluding carboxylic acids is 1. The van der Waals surface area contributed by atoms with Gasteiger partial charge in [-0.1, -0.05) is 0 Å². The molecule has 0 heterocycles. The van der Waals surface area contributed by atoms with Crippen molar-refractivity contribution >= 4 is 17.5 Å². The van der Waals surface area contributed by atoms with Crippen LogP contribution < -0.4 is 0 Å². The van der Waals surface area contributed by atoms with Crippen LogP contribution in [0.2, 0.25) is 0 Å². The molecule has 0 aliphatic heterocycles. The summed E-state index contributed by atoms with van der Waals surface area (Å²) in [4.78, 5) is 13.7. The average molecular weight is 204 g/mol. The Hall–Kier alpha value is -0.240. The number of nitrogens with zero attached hydrogens (tertiary/aromatic N) is 1. The van der Waals surface area contributed by atoms with Gasteiger partial charge in [-0.2, -0.15) is 0 Å². The first-order chi connectivity index (χ1) is 5.99. The lowest BCUT2D eigenvalue weighted by Gasteiger charge is -2.38. The molecule has 0 atom stereocenters. The summed E-state index contributed by atoms with van der Waals surface area (Å²) in [7, 11) is 1.89. The van der Waals surface area contributed by atoms with Crippen LogP contribution in [-0.2, 0) is 4.79 Å². The van der Waals surface area contributed by atoms with Crippen LogP contribution in [0.3, 0.4) is 0 Å². The minimum absolute atomic E-state index is 0.173. The summed E-state index contributed by atoms with van der Waals surface area (Å²) in [6.45, 7) is 3.80. The first-order valence-electron chi connectivity index (χ1n) is 4.82. The Morgan fingerprint density at radius 1 is 1.54 bits per heavy atom. The van der Waals surface area contributed by atoms with Crippen molar-refractivity contribution in [2.75, 3.05) is 12.9 Å². The van der Waals surface area contributed by atoms with E-state index in [0.29, 0.717) is 11.9 Å². The highest BCUT2D eigenvalue weighted by atomic mass is 35.5. The second-order valence-corrected chi connectivity index (χ2v) is 4.79. The van der Waals surface area contributed by atoms with Gasteiger partial charge in [-0.3, -0.25) is 4.79 Å². The van der Waals surface area contributed by atoms with Crippen molar-refractivity contribution in [3.8, 4) is 0 Å². The predicted molar refractivity (Wildman–Crippen MR) is 54.9 cm³/mol. The lowest BCUT2D eigenvalue weighted by atomic mass is 9.88. The van der Waals surface area contributed by atoms with Gasteiger partial charge in [0.25, 0.3) is 0 Å². The normalized spacial score (nSPS) is 18.2. The molecule has 0 aromatic heterocycles. The molecule has 2 nitrogen and oxygen atoms in total. The molecule has 0 N–H and O–H groups in total. The lowest BCUT2D eigenvalue weighted by molar-refractivity contribution is -0.141. The van der Waals surface area contributed by atoms with Crippen molar-refractivity contribution in [1.29, 1.82) is 0 Å². The average Bonchev–Trinajstić information content (AvgIpc) is 1.99. The van der Waals surface area contributed by atoms with Gasteiger partial charge in [-0.25, -0.2) is 0 Å². The van der Waals surface area contributed by atoms with Gasteiger partial charge >= 0.3 is 0 Å². The minimum Gasteiger partial charge on any atom is -0.342 e. The molecular weight excluding hydrogens is 186 g/mol. The van der Waals surface area contributed by atoms with Crippen LogP contribution in [0.25, 0.3) is 0 Å². The molecule has 0 bridgehead atoms.